The molecule has 1 aromatic heterocycles. The van der Waals surface area contributed by atoms with Gasteiger partial charge in [0.15, 0.2) is 5.60 Å². The summed E-state index contributed by atoms with van der Waals surface area (Å²) in [6.45, 7) is 5.73. The number of hydrogen-bond donors (Lipinski definition) is 1. The maximum absolute atomic E-state index is 16.1. The fourth-order valence-electron chi connectivity index (χ4n) is 7.20. The second-order valence-corrected chi connectivity index (χ2v) is 15.7. The predicted octanol–water partition coefficient (Wildman–Crippen LogP) is 4.27. The molecule has 2 aromatic carbocycles. The zero-order valence-corrected chi connectivity index (χ0v) is 24.9. The normalized spacial score (nSPS) is 25.8. The summed E-state index contributed by atoms with van der Waals surface area (Å²) in [6, 6.07) is 13.5. The van der Waals surface area contributed by atoms with E-state index in [-0.39, 0.29) is 18.4 Å². The Morgan fingerprint density at radius 2 is 1.93 bits per heavy atom. The molecular formula is C30H36FN5O4Si. The van der Waals surface area contributed by atoms with Crippen LogP contribution in [0.15, 0.2) is 48.7 Å². The van der Waals surface area contributed by atoms with Crippen molar-refractivity contribution in [3.63, 3.8) is 0 Å². The Balaban J connectivity index is 1.39. The van der Waals surface area contributed by atoms with Crippen molar-refractivity contribution in [2.24, 2.45) is 5.92 Å². The molecule has 6 rings (SSSR count). The first kappa shape index (κ1) is 27.7. The molecule has 4 heterocycles. The highest BCUT2D eigenvalue weighted by Gasteiger charge is 2.66. The van der Waals surface area contributed by atoms with E-state index in [0.717, 1.165) is 11.3 Å². The fraction of sp³-hybridized carbons (Fsp3) is 0.467. The van der Waals surface area contributed by atoms with Crippen molar-refractivity contribution in [2.45, 2.75) is 69.5 Å². The van der Waals surface area contributed by atoms with E-state index in [1.165, 1.54) is 0 Å². The van der Waals surface area contributed by atoms with Crippen LogP contribution in [0.25, 0.3) is 0 Å². The molecule has 3 aliphatic rings. The maximum Gasteiger partial charge on any atom is 0.264 e. The number of rotatable bonds is 7. The number of nitrogens with zero attached hydrogens (tertiary/aromatic N) is 5. The lowest BCUT2D eigenvalue weighted by molar-refractivity contribution is -0.145. The Labute approximate surface area is 240 Å². The fourth-order valence-corrected chi connectivity index (χ4v) is 9.74. The van der Waals surface area contributed by atoms with Crippen molar-refractivity contribution in [2.75, 3.05) is 23.5 Å². The van der Waals surface area contributed by atoms with E-state index in [2.05, 4.69) is 10.3 Å². The Bertz CT molecular complexity index is 1510. The molecule has 0 saturated carbocycles. The zero-order chi connectivity index (χ0) is 29.1. The number of likely N-dealkylation sites (N-methyl/N-ethyl adjacent to an activating group) is 1. The summed E-state index contributed by atoms with van der Waals surface area (Å²) in [6.07, 6.45) is 3.24. The summed E-state index contributed by atoms with van der Waals surface area (Å²) in [5.74, 6) is -0.632. The van der Waals surface area contributed by atoms with Gasteiger partial charge in [-0.2, -0.15) is 0 Å². The molecule has 3 aromatic rings. The van der Waals surface area contributed by atoms with Crippen molar-refractivity contribution in [1.82, 2.24) is 15.0 Å². The highest BCUT2D eigenvalue weighted by atomic mass is 28.4. The molecule has 11 heteroatoms. The number of aryl methyl sites for hydroxylation is 2. The van der Waals surface area contributed by atoms with Crippen molar-refractivity contribution in [1.29, 1.82) is 0 Å². The first-order chi connectivity index (χ1) is 19.6. The summed E-state index contributed by atoms with van der Waals surface area (Å²) in [4.78, 5) is 30.6. The Hall–Kier alpha value is -3.41. The Kier molecular flexibility index (Phi) is 6.86. The summed E-state index contributed by atoms with van der Waals surface area (Å²) in [5.41, 5.74) is 2.91. The Morgan fingerprint density at radius 1 is 1.15 bits per heavy atom. The first-order valence-electron chi connectivity index (χ1n) is 14.3. The smallest absolute Gasteiger partial charge is 0.264 e. The summed E-state index contributed by atoms with van der Waals surface area (Å²) < 4.78 is 24.5. The number of amides is 2. The van der Waals surface area contributed by atoms with Crippen LogP contribution >= 0.6 is 0 Å². The van der Waals surface area contributed by atoms with Crippen LogP contribution in [-0.2, 0) is 39.3 Å². The van der Waals surface area contributed by atoms with Crippen LogP contribution in [0.5, 0.6) is 0 Å². The number of fused-ring (bicyclic) bond motifs is 3. The molecule has 9 nitrogen and oxygen atoms in total. The second-order valence-electron chi connectivity index (χ2n) is 11.9. The standard InChI is InChI=1S/C30H36FN5O4Si/c1-19-28(41(3,4)31)26(13-15-35-18-21(14-16-37)32-33-35)40-30(19)23-17-22(10-11-25(23)34(2)29(30)39)36-24-8-6-5-7-20(24)9-12-27(36)38/h5-8,10-11,17-19,26,28,37H,9,12-16H2,1-4H3/t19-,26+,28-,30+/m1/s1. The van der Waals surface area contributed by atoms with Crippen LogP contribution < -0.4 is 9.80 Å². The van der Waals surface area contributed by atoms with Crippen molar-refractivity contribution >= 4 is 37.3 Å². The van der Waals surface area contributed by atoms with Crippen LogP contribution in [0.3, 0.4) is 0 Å². The van der Waals surface area contributed by atoms with Gasteiger partial charge in [-0.1, -0.05) is 30.3 Å². The number of carbonyl (C=O) groups is 2. The van der Waals surface area contributed by atoms with Gasteiger partial charge in [0, 0.05) is 61.9 Å². The number of anilines is 3. The molecule has 1 fully saturated rings. The van der Waals surface area contributed by atoms with E-state index < -0.39 is 31.6 Å². The monoisotopic (exact) mass is 577 g/mol. The lowest BCUT2D eigenvalue weighted by Gasteiger charge is -2.32. The quantitative estimate of drug-likeness (QED) is 0.333. The molecule has 216 valence electrons. The van der Waals surface area contributed by atoms with Crippen molar-refractivity contribution in [3.8, 4) is 0 Å². The van der Waals surface area contributed by atoms with Gasteiger partial charge in [-0.25, -0.2) is 0 Å². The van der Waals surface area contributed by atoms with Crippen LogP contribution in [-0.4, -0.2) is 60.1 Å². The van der Waals surface area contributed by atoms with Gasteiger partial charge in [-0.15, -0.1) is 5.10 Å². The lowest BCUT2D eigenvalue weighted by Crippen LogP contribution is -2.44. The van der Waals surface area contributed by atoms with Crippen LogP contribution in [0.2, 0.25) is 18.6 Å². The van der Waals surface area contributed by atoms with Crippen LogP contribution in [0.1, 0.15) is 36.6 Å². The highest BCUT2D eigenvalue weighted by molar-refractivity contribution is 6.72. The molecule has 0 radical (unpaired) electrons. The summed E-state index contributed by atoms with van der Waals surface area (Å²) in [7, 11) is -1.58. The molecule has 4 atom stereocenters. The molecule has 41 heavy (non-hydrogen) atoms. The van der Waals surface area contributed by atoms with E-state index >= 15 is 4.11 Å². The van der Waals surface area contributed by atoms with Crippen LogP contribution in [0, 0.1) is 5.92 Å². The predicted molar refractivity (Wildman–Crippen MR) is 155 cm³/mol. The number of aliphatic hydroxyl groups excluding tert-OH is 1. The third-order valence-corrected chi connectivity index (χ3v) is 11.5. The number of halogens is 1. The average Bonchev–Trinajstić information content (AvgIpc) is 3.58. The lowest BCUT2D eigenvalue weighted by atomic mass is 9.82. The van der Waals surface area contributed by atoms with Crippen molar-refractivity contribution < 1.29 is 23.5 Å². The van der Waals surface area contributed by atoms with E-state index in [1.807, 2.05) is 49.4 Å². The van der Waals surface area contributed by atoms with Gasteiger partial charge < -0.3 is 18.9 Å². The molecule has 0 aliphatic carbocycles. The van der Waals surface area contributed by atoms with Gasteiger partial charge in [0.05, 0.1) is 23.2 Å². The van der Waals surface area contributed by atoms with Gasteiger partial charge in [0.2, 0.25) is 14.3 Å². The van der Waals surface area contributed by atoms with E-state index in [4.69, 9.17) is 4.74 Å². The first-order valence-corrected chi connectivity index (χ1v) is 17.2. The second kappa shape index (κ2) is 10.1. The Morgan fingerprint density at radius 3 is 2.68 bits per heavy atom. The minimum atomic E-state index is -3.31. The third kappa shape index (κ3) is 4.41. The molecular weight excluding hydrogens is 541 g/mol. The molecule has 3 aliphatic heterocycles. The van der Waals surface area contributed by atoms with Gasteiger partial charge in [-0.05, 0) is 55.8 Å². The summed E-state index contributed by atoms with van der Waals surface area (Å²) >= 11 is 0. The molecule has 0 bridgehead atoms. The maximum atomic E-state index is 16.1. The number of benzene rings is 2. The number of carbonyl (C=O) groups excluding carboxylic acids is 2. The number of aromatic nitrogens is 3. The highest BCUT2D eigenvalue weighted by Crippen LogP contribution is 2.60. The van der Waals surface area contributed by atoms with Gasteiger partial charge in [-0.3, -0.25) is 19.2 Å². The molecule has 0 unspecified atom stereocenters. The summed E-state index contributed by atoms with van der Waals surface area (Å²) in [5, 5.41) is 17.4. The SMILES string of the molecule is C[C@@H]1[C@@H]([Si](C)(C)F)[C@H](CCn2cc(CCO)nn2)O[C@@]12C(=O)N(C)c1ccc(N3C(=O)CCc4ccccc43)cc12. The minimum Gasteiger partial charge on any atom is -0.396 e. The van der Waals surface area contributed by atoms with Crippen LogP contribution in [0.4, 0.5) is 21.2 Å². The van der Waals surface area contributed by atoms with Gasteiger partial charge in [0.1, 0.15) is 0 Å². The number of ether oxygens (including phenoxy) is 1. The number of aliphatic hydroxyl groups is 1. The van der Waals surface area contributed by atoms with E-state index in [1.54, 1.807) is 40.8 Å². The topological polar surface area (TPSA) is 101 Å². The number of para-hydroxylation sites is 1. The number of hydrogen-bond acceptors (Lipinski definition) is 6. The van der Waals surface area contributed by atoms with Crippen molar-refractivity contribution in [3.05, 3.63) is 65.5 Å². The minimum absolute atomic E-state index is 0.00258. The molecule has 1 N–H and O–H groups in total. The zero-order valence-electron chi connectivity index (χ0n) is 23.9. The molecule has 1 spiro atoms. The van der Waals surface area contributed by atoms with Gasteiger partial charge >= 0.3 is 0 Å². The molecule has 1 saturated heterocycles. The van der Waals surface area contributed by atoms with E-state index in [9.17, 15) is 14.7 Å². The van der Waals surface area contributed by atoms with Gasteiger partial charge in [0.25, 0.3) is 5.91 Å². The molecule has 2 amide bonds. The largest absolute Gasteiger partial charge is 0.396 e. The average molecular weight is 578 g/mol. The third-order valence-electron chi connectivity index (χ3n) is 9.02. The van der Waals surface area contributed by atoms with E-state index in [0.29, 0.717) is 54.9 Å².